The SMILES string of the molecule is O=C(c1ccccc1)c1cc(Cl)ccc1O.O=C(c1ccccc1)c1cc(Cl)ccc1O. The summed E-state index contributed by atoms with van der Waals surface area (Å²) in [5.74, 6) is -0.585. The third-order valence-electron chi connectivity index (χ3n) is 4.48. The highest BCUT2D eigenvalue weighted by Gasteiger charge is 2.14. The molecule has 0 spiro atoms. The Morgan fingerprint density at radius 1 is 0.531 bits per heavy atom. The van der Waals surface area contributed by atoms with Crippen molar-refractivity contribution < 1.29 is 19.8 Å². The number of hydrogen-bond donors (Lipinski definition) is 2. The molecule has 32 heavy (non-hydrogen) atoms. The second-order valence-corrected chi connectivity index (χ2v) is 7.59. The first-order valence-electron chi connectivity index (χ1n) is 9.53. The van der Waals surface area contributed by atoms with Crippen molar-refractivity contribution in [1.82, 2.24) is 0 Å². The zero-order valence-electron chi connectivity index (χ0n) is 16.7. The Kier molecular flexibility index (Phi) is 7.66. The highest BCUT2D eigenvalue weighted by Crippen LogP contribution is 2.25. The minimum absolute atomic E-state index is 0.0572. The van der Waals surface area contributed by atoms with Gasteiger partial charge in [0.2, 0.25) is 0 Å². The summed E-state index contributed by atoms with van der Waals surface area (Å²) in [7, 11) is 0. The van der Waals surface area contributed by atoms with Gasteiger partial charge in [-0.3, -0.25) is 9.59 Å². The molecule has 0 aromatic heterocycles. The van der Waals surface area contributed by atoms with Gasteiger partial charge in [0, 0.05) is 21.2 Å². The van der Waals surface area contributed by atoms with E-state index in [0.717, 1.165) is 0 Å². The molecule has 0 aliphatic heterocycles. The smallest absolute Gasteiger partial charge is 0.196 e. The first kappa shape index (κ1) is 23.1. The highest BCUT2D eigenvalue weighted by atomic mass is 35.5. The molecule has 0 saturated carbocycles. The van der Waals surface area contributed by atoms with Crippen LogP contribution < -0.4 is 0 Å². The molecule has 4 aromatic carbocycles. The molecule has 0 saturated heterocycles. The molecule has 0 fully saturated rings. The summed E-state index contributed by atoms with van der Waals surface area (Å²) >= 11 is 11.6. The maximum absolute atomic E-state index is 12.0. The number of benzene rings is 4. The molecule has 4 nitrogen and oxygen atoms in total. The number of carbonyl (C=O) groups excluding carboxylic acids is 2. The predicted molar refractivity (Wildman–Crippen MR) is 126 cm³/mol. The fraction of sp³-hybridized carbons (Fsp3) is 0. The number of phenolic OH excluding ortho intramolecular Hbond substituents is 2. The van der Waals surface area contributed by atoms with E-state index >= 15 is 0 Å². The number of hydrogen-bond acceptors (Lipinski definition) is 4. The van der Waals surface area contributed by atoms with Gasteiger partial charge in [-0.2, -0.15) is 0 Å². The minimum atomic E-state index is -0.236. The summed E-state index contributed by atoms with van der Waals surface area (Å²) in [5, 5.41) is 20.0. The number of phenols is 2. The summed E-state index contributed by atoms with van der Waals surface area (Å²) in [6, 6.07) is 26.4. The molecular formula is C26H18Cl2O4. The third-order valence-corrected chi connectivity index (χ3v) is 4.95. The number of carbonyl (C=O) groups is 2. The normalized spacial score (nSPS) is 10.1. The Morgan fingerprint density at radius 2 is 0.875 bits per heavy atom. The van der Waals surface area contributed by atoms with Crippen LogP contribution in [0.5, 0.6) is 11.5 Å². The molecule has 0 atom stereocenters. The van der Waals surface area contributed by atoms with Crippen molar-refractivity contribution in [3.05, 3.63) is 129 Å². The molecule has 6 heteroatoms. The predicted octanol–water partition coefficient (Wildman–Crippen LogP) is 6.55. The van der Waals surface area contributed by atoms with Gasteiger partial charge in [0.1, 0.15) is 11.5 Å². The van der Waals surface area contributed by atoms with Crippen LogP contribution in [0.1, 0.15) is 31.8 Å². The van der Waals surface area contributed by atoms with Crippen molar-refractivity contribution in [3.63, 3.8) is 0 Å². The lowest BCUT2D eigenvalue weighted by Gasteiger charge is -2.04. The van der Waals surface area contributed by atoms with Gasteiger partial charge in [-0.15, -0.1) is 0 Å². The van der Waals surface area contributed by atoms with Crippen LogP contribution >= 0.6 is 23.2 Å². The van der Waals surface area contributed by atoms with Gasteiger partial charge in [0.15, 0.2) is 11.6 Å². The van der Waals surface area contributed by atoms with E-state index in [1.165, 1.54) is 24.3 Å². The molecule has 2 N–H and O–H groups in total. The van der Waals surface area contributed by atoms with Crippen LogP contribution in [0.25, 0.3) is 0 Å². The van der Waals surface area contributed by atoms with Crippen LogP contribution in [0.4, 0.5) is 0 Å². The van der Waals surface area contributed by atoms with E-state index in [-0.39, 0.29) is 34.2 Å². The Morgan fingerprint density at radius 3 is 1.22 bits per heavy atom. The van der Waals surface area contributed by atoms with E-state index in [9.17, 15) is 19.8 Å². The van der Waals surface area contributed by atoms with Gasteiger partial charge >= 0.3 is 0 Å². The van der Waals surface area contributed by atoms with E-state index in [2.05, 4.69) is 0 Å². The molecule has 0 bridgehead atoms. The highest BCUT2D eigenvalue weighted by molar-refractivity contribution is 6.31. The van der Waals surface area contributed by atoms with Crippen molar-refractivity contribution in [2.75, 3.05) is 0 Å². The molecule has 4 rings (SSSR count). The Hall–Kier alpha value is -3.60. The van der Waals surface area contributed by atoms with E-state index in [1.807, 2.05) is 12.1 Å². The van der Waals surface area contributed by atoms with Crippen LogP contribution in [0.3, 0.4) is 0 Å². The van der Waals surface area contributed by atoms with E-state index < -0.39 is 0 Å². The van der Waals surface area contributed by atoms with Gasteiger partial charge in [0.25, 0.3) is 0 Å². The van der Waals surface area contributed by atoms with Crippen LogP contribution in [-0.2, 0) is 0 Å². The van der Waals surface area contributed by atoms with Crippen molar-refractivity contribution in [3.8, 4) is 11.5 Å². The average molecular weight is 465 g/mol. The maximum Gasteiger partial charge on any atom is 0.196 e. The quantitative estimate of drug-likeness (QED) is 0.335. The lowest BCUT2D eigenvalue weighted by molar-refractivity contribution is 0.102. The summed E-state index contributed by atoms with van der Waals surface area (Å²) in [6.07, 6.45) is 0. The lowest BCUT2D eigenvalue weighted by Crippen LogP contribution is -2.01. The summed E-state index contributed by atoms with van der Waals surface area (Å²) in [5.41, 5.74) is 1.50. The Bertz CT molecular complexity index is 1140. The van der Waals surface area contributed by atoms with E-state index in [4.69, 9.17) is 23.2 Å². The zero-order valence-corrected chi connectivity index (χ0v) is 18.2. The standard InChI is InChI=1S/2C13H9ClO2/c2*14-10-6-7-12(15)11(8-10)13(16)9-4-2-1-3-5-9/h2*1-8,15H. The van der Waals surface area contributed by atoms with Crippen LogP contribution in [0.2, 0.25) is 10.0 Å². The summed E-state index contributed by atoms with van der Waals surface area (Å²) in [6.45, 7) is 0. The second kappa shape index (κ2) is 10.6. The lowest BCUT2D eigenvalue weighted by atomic mass is 10.0. The largest absolute Gasteiger partial charge is 0.507 e. The van der Waals surface area contributed by atoms with Crippen LogP contribution in [0, 0.1) is 0 Å². The molecule has 0 unspecified atom stereocenters. The van der Waals surface area contributed by atoms with Crippen LogP contribution in [0.15, 0.2) is 97.1 Å². The van der Waals surface area contributed by atoms with Gasteiger partial charge in [-0.25, -0.2) is 0 Å². The second-order valence-electron chi connectivity index (χ2n) is 6.71. The first-order valence-corrected chi connectivity index (χ1v) is 10.3. The van der Waals surface area contributed by atoms with Gasteiger partial charge in [-0.1, -0.05) is 83.9 Å². The fourth-order valence-electron chi connectivity index (χ4n) is 2.87. The van der Waals surface area contributed by atoms with Crippen molar-refractivity contribution >= 4 is 34.8 Å². The zero-order chi connectivity index (χ0) is 23.1. The molecule has 160 valence electrons. The molecular weight excluding hydrogens is 447 g/mol. The molecule has 0 radical (unpaired) electrons. The topological polar surface area (TPSA) is 74.6 Å². The Labute approximate surface area is 195 Å². The number of halogens is 2. The number of ketones is 2. The summed E-state index contributed by atoms with van der Waals surface area (Å²) in [4.78, 5) is 24.0. The summed E-state index contributed by atoms with van der Waals surface area (Å²) < 4.78 is 0. The minimum Gasteiger partial charge on any atom is -0.507 e. The first-order chi connectivity index (χ1) is 15.4. The van der Waals surface area contributed by atoms with E-state index in [1.54, 1.807) is 60.7 Å². The van der Waals surface area contributed by atoms with Crippen molar-refractivity contribution in [1.29, 1.82) is 0 Å². The van der Waals surface area contributed by atoms with Crippen molar-refractivity contribution in [2.24, 2.45) is 0 Å². The fourth-order valence-corrected chi connectivity index (χ4v) is 3.21. The van der Waals surface area contributed by atoms with Gasteiger partial charge < -0.3 is 10.2 Å². The molecule has 0 amide bonds. The van der Waals surface area contributed by atoms with Gasteiger partial charge in [-0.05, 0) is 36.4 Å². The van der Waals surface area contributed by atoms with E-state index in [0.29, 0.717) is 21.2 Å². The average Bonchev–Trinajstić information content (AvgIpc) is 2.83. The molecule has 0 aliphatic carbocycles. The van der Waals surface area contributed by atoms with Crippen molar-refractivity contribution in [2.45, 2.75) is 0 Å². The molecule has 0 aliphatic rings. The third kappa shape index (κ3) is 5.76. The Balaban J connectivity index is 0.000000181. The number of aromatic hydroxyl groups is 2. The van der Waals surface area contributed by atoms with Crippen LogP contribution in [-0.4, -0.2) is 21.8 Å². The maximum atomic E-state index is 12.0. The number of rotatable bonds is 4. The van der Waals surface area contributed by atoms with Gasteiger partial charge in [0.05, 0.1) is 11.1 Å². The molecule has 4 aromatic rings. The molecule has 0 heterocycles. The monoisotopic (exact) mass is 464 g/mol.